The molecule has 0 spiro atoms. The summed E-state index contributed by atoms with van der Waals surface area (Å²) in [5.41, 5.74) is 1.26. The predicted molar refractivity (Wildman–Crippen MR) is 87.2 cm³/mol. The number of thiophene rings is 1. The van der Waals surface area contributed by atoms with E-state index in [4.69, 9.17) is 0 Å². The first kappa shape index (κ1) is 15.0. The SMILES string of the molecule is CCCNc1ncccc1CN(C)C(C)c1cccs1. The van der Waals surface area contributed by atoms with Crippen molar-refractivity contribution < 1.29 is 0 Å². The second-order valence-electron chi connectivity index (χ2n) is 5.04. The van der Waals surface area contributed by atoms with Crippen LogP contribution in [0, 0.1) is 0 Å². The summed E-state index contributed by atoms with van der Waals surface area (Å²) >= 11 is 1.82. The summed E-state index contributed by atoms with van der Waals surface area (Å²) in [4.78, 5) is 8.22. The van der Waals surface area contributed by atoms with E-state index in [2.05, 4.69) is 59.7 Å². The third kappa shape index (κ3) is 3.81. The zero-order chi connectivity index (χ0) is 14.4. The second-order valence-corrected chi connectivity index (χ2v) is 6.02. The van der Waals surface area contributed by atoms with E-state index in [0.717, 1.165) is 25.3 Å². The molecule has 4 heteroatoms. The van der Waals surface area contributed by atoms with Crippen molar-refractivity contribution in [2.75, 3.05) is 18.9 Å². The fourth-order valence-corrected chi connectivity index (χ4v) is 2.97. The molecule has 2 heterocycles. The standard InChI is InChI=1S/C16H23N3S/c1-4-9-17-16-14(7-5-10-18-16)12-19(3)13(2)15-8-6-11-20-15/h5-8,10-11,13H,4,9,12H2,1-3H3,(H,17,18). The number of nitrogens with zero attached hydrogens (tertiary/aromatic N) is 2. The molecule has 0 aromatic carbocycles. The van der Waals surface area contributed by atoms with E-state index in [9.17, 15) is 0 Å². The molecular formula is C16H23N3S. The maximum atomic E-state index is 4.46. The van der Waals surface area contributed by atoms with Gasteiger partial charge < -0.3 is 5.32 Å². The van der Waals surface area contributed by atoms with Gasteiger partial charge in [-0.25, -0.2) is 4.98 Å². The molecule has 1 unspecified atom stereocenters. The second kappa shape index (κ2) is 7.41. The molecule has 1 N–H and O–H groups in total. The van der Waals surface area contributed by atoms with Crippen LogP contribution in [-0.2, 0) is 6.54 Å². The molecule has 0 aliphatic heterocycles. The van der Waals surface area contributed by atoms with E-state index in [1.165, 1.54) is 10.4 Å². The molecule has 0 fully saturated rings. The smallest absolute Gasteiger partial charge is 0.130 e. The van der Waals surface area contributed by atoms with Gasteiger partial charge in [-0.15, -0.1) is 11.3 Å². The van der Waals surface area contributed by atoms with Gasteiger partial charge in [-0.05, 0) is 37.9 Å². The van der Waals surface area contributed by atoms with E-state index in [1.807, 2.05) is 23.6 Å². The molecule has 2 rings (SSSR count). The molecule has 1 atom stereocenters. The maximum absolute atomic E-state index is 4.46. The molecule has 0 radical (unpaired) electrons. The van der Waals surface area contributed by atoms with Crippen LogP contribution in [0.2, 0.25) is 0 Å². The Hall–Kier alpha value is -1.39. The fraction of sp³-hybridized carbons (Fsp3) is 0.438. The lowest BCUT2D eigenvalue weighted by molar-refractivity contribution is 0.256. The van der Waals surface area contributed by atoms with Crippen molar-refractivity contribution in [1.82, 2.24) is 9.88 Å². The largest absolute Gasteiger partial charge is 0.370 e. The van der Waals surface area contributed by atoms with Gasteiger partial charge >= 0.3 is 0 Å². The van der Waals surface area contributed by atoms with Gasteiger partial charge in [0, 0.05) is 35.8 Å². The van der Waals surface area contributed by atoms with Crippen molar-refractivity contribution in [2.45, 2.75) is 32.9 Å². The normalized spacial score (nSPS) is 12.6. The highest BCUT2D eigenvalue weighted by molar-refractivity contribution is 7.10. The number of hydrogen-bond donors (Lipinski definition) is 1. The van der Waals surface area contributed by atoms with Gasteiger partial charge in [-0.3, -0.25) is 4.90 Å². The molecule has 0 aliphatic carbocycles. The Bertz CT molecular complexity index is 510. The average Bonchev–Trinajstić information content (AvgIpc) is 2.99. The molecule has 20 heavy (non-hydrogen) atoms. The van der Waals surface area contributed by atoms with E-state index < -0.39 is 0 Å². The topological polar surface area (TPSA) is 28.2 Å². The number of anilines is 1. The fourth-order valence-electron chi connectivity index (χ4n) is 2.12. The van der Waals surface area contributed by atoms with E-state index in [1.54, 1.807) is 0 Å². The quantitative estimate of drug-likeness (QED) is 0.829. The first-order valence-electron chi connectivity index (χ1n) is 7.13. The highest BCUT2D eigenvalue weighted by Crippen LogP contribution is 2.25. The predicted octanol–water partition coefficient (Wildman–Crippen LogP) is 4.16. The van der Waals surface area contributed by atoms with Gasteiger partial charge in [0.1, 0.15) is 5.82 Å². The van der Waals surface area contributed by atoms with Crippen LogP contribution in [0.3, 0.4) is 0 Å². The van der Waals surface area contributed by atoms with Crippen molar-refractivity contribution in [1.29, 1.82) is 0 Å². The lowest BCUT2D eigenvalue weighted by Crippen LogP contribution is -2.22. The zero-order valence-electron chi connectivity index (χ0n) is 12.5. The van der Waals surface area contributed by atoms with Crippen LogP contribution in [0.4, 0.5) is 5.82 Å². The van der Waals surface area contributed by atoms with Crippen LogP contribution in [0.5, 0.6) is 0 Å². The number of rotatable bonds is 7. The van der Waals surface area contributed by atoms with Crippen molar-refractivity contribution >= 4 is 17.2 Å². The number of pyridine rings is 1. The minimum atomic E-state index is 0.425. The van der Waals surface area contributed by atoms with Gasteiger partial charge in [-0.1, -0.05) is 19.1 Å². The number of aromatic nitrogens is 1. The van der Waals surface area contributed by atoms with Crippen molar-refractivity contribution in [3.8, 4) is 0 Å². The Balaban J connectivity index is 2.05. The summed E-state index contributed by atoms with van der Waals surface area (Å²) in [6, 6.07) is 8.90. The molecule has 0 bridgehead atoms. The molecule has 0 saturated carbocycles. The van der Waals surface area contributed by atoms with E-state index in [-0.39, 0.29) is 0 Å². The summed E-state index contributed by atoms with van der Waals surface area (Å²) in [6.45, 7) is 6.29. The van der Waals surface area contributed by atoms with Crippen LogP contribution in [0.25, 0.3) is 0 Å². The highest BCUT2D eigenvalue weighted by atomic mass is 32.1. The van der Waals surface area contributed by atoms with Gasteiger partial charge in [0.05, 0.1) is 0 Å². The number of hydrogen-bond acceptors (Lipinski definition) is 4. The van der Waals surface area contributed by atoms with Gasteiger partial charge in [0.15, 0.2) is 0 Å². The molecule has 2 aromatic heterocycles. The van der Waals surface area contributed by atoms with Crippen LogP contribution in [0.1, 0.15) is 36.8 Å². The Labute approximate surface area is 125 Å². The van der Waals surface area contributed by atoms with Crippen LogP contribution in [-0.4, -0.2) is 23.5 Å². The average molecular weight is 289 g/mol. The maximum Gasteiger partial charge on any atom is 0.130 e. The molecule has 0 amide bonds. The Morgan fingerprint density at radius 1 is 1.35 bits per heavy atom. The third-order valence-electron chi connectivity index (χ3n) is 3.47. The molecule has 108 valence electrons. The van der Waals surface area contributed by atoms with Gasteiger partial charge in [0.2, 0.25) is 0 Å². The van der Waals surface area contributed by atoms with Crippen LogP contribution in [0.15, 0.2) is 35.8 Å². The monoisotopic (exact) mass is 289 g/mol. The summed E-state index contributed by atoms with van der Waals surface area (Å²) in [5.74, 6) is 1.01. The third-order valence-corrected chi connectivity index (χ3v) is 4.51. The van der Waals surface area contributed by atoms with Crippen molar-refractivity contribution in [2.24, 2.45) is 0 Å². The molecule has 0 saturated heterocycles. The summed E-state index contributed by atoms with van der Waals surface area (Å²) in [5, 5.41) is 5.54. The van der Waals surface area contributed by atoms with Crippen molar-refractivity contribution in [3.63, 3.8) is 0 Å². The molecule has 0 aliphatic rings. The summed E-state index contributed by atoms with van der Waals surface area (Å²) in [7, 11) is 2.17. The number of nitrogens with one attached hydrogen (secondary N) is 1. The zero-order valence-corrected chi connectivity index (χ0v) is 13.3. The molecule has 3 nitrogen and oxygen atoms in total. The first-order valence-corrected chi connectivity index (χ1v) is 8.01. The summed E-state index contributed by atoms with van der Waals surface area (Å²) in [6.07, 6.45) is 2.96. The van der Waals surface area contributed by atoms with Gasteiger partial charge in [0.25, 0.3) is 0 Å². The Kier molecular flexibility index (Phi) is 5.56. The summed E-state index contributed by atoms with van der Waals surface area (Å²) < 4.78 is 0. The Morgan fingerprint density at radius 3 is 2.90 bits per heavy atom. The first-order chi connectivity index (χ1) is 9.72. The lowest BCUT2D eigenvalue weighted by atomic mass is 10.2. The van der Waals surface area contributed by atoms with E-state index in [0.29, 0.717) is 6.04 Å². The van der Waals surface area contributed by atoms with Crippen LogP contribution >= 0.6 is 11.3 Å². The van der Waals surface area contributed by atoms with Crippen molar-refractivity contribution in [3.05, 3.63) is 46.3 Å². The minimum absolute atomic E-state index is 0.425. The van der Waals surface area contributed by atoms with Gasteiger partial charge in [-0.2, -0.15) is 0 Å². The highest BCUT2D eigenvalue weighted by Gasteiger charge is 2.14. The Morgan fingerprint density at radius 2 is 2.20 bits per heavy atom. The van der Waals surface area contributed by atoms with Crippen LogP contribution < -0.4 is 5.32 Å². The minimum Gasteiger partial charge on any atom is -0.370 e. The lowest BCUT2D eigenvalue weighted by Gasteiger charge is -2.24. The molecule has 2 aromatic rings. The van der Waals surface area contributed by atoms with E-state index >= 15 is 0 Å². The molecular weight excluding hydrogens is 266 g/mol.